The number of amides is 2. The first-order valence-electron chi connectivity index (χ1n) is 9.60. The Morgan fingerprint density at radius 3 is 2.45 bits per heavy atom. The molecular weight excluding hydrogens is 394 g/mol. The van der Waals surface area contributed by atoms with Crippen LogP contribution in [-0.2, 0) is 0 Å². The quantitative estimate of drug-likeness (QED) is 0.541. The molecule has 8 nitrogen and oxygen atoms in total. The summed E-state index contributed by atoms with van der Waals surface area (Å²) in [6.45, 7) is 0. The Morgan fingerprint density at radius 2 is 1.81 bits per heavy atom. The molecule has 1 N–H and O–H groups in total. The molecule has 0 atom stereocenters. The highest BCUT2D eigenvalue weighted by molar-refractivity contribution is 6.06. The van der Waals surface area contributed by atoms with Gasteiger partial charge < -0.3 is 15.0 Å². The summed E-state index contributed by atoms with van der Waals surface area (Å²) in [6, 6.07) is 14.3. The van der Waals surface area contributed by atoms with Crippen molar-refractivity contribution in [3.63, 3.8) is 0 Å². The number of methoxy groups -OCH3 is 1. The Hall–Kier alpha value is -4.20. The maximum atomic E-state index is 13.1. The lowest BCUT2D eigenvalue weighted by Gasteiger charge is -2.17. The summed E-state index contributed by atoms with van der Waals surface area (Å²) in [5.41, 5.74) is 4.32. The number of ether oxygens (including phenoxy) is 1. The fourth-order valence-corrected chi connectivity index (χ4v) is 3.28. The number of aromatic nitrogens is 3. The van der Waals surface area contributed by atoms with Gasteiger partial charge in [0.05, 0.1) is 30.7 Å². The van der Waals surface area contributed by atoms with Crippen LogP contribution in [0.2, 0.25) is 0 Å². The lowest BCUT2D eigenvalue weighted by Crippen LogP contribution is -2.26. The minimum absolute atomic E-state index is 0.143. The third kappa shape index (κ3) is 3.83. The van der Waals surface area contributed by atoms with Gasteiger partial charge in [-0.25, -0.2) is 9.50 Å². The van der Waals surface area contributed by atoms with E-state index in [1.165, 1.54) is 4.90 Å². The SMILES string of the molecule is CNC(=O)c1ccc(-c2cnn3ccc(C(=O)N(C)c4ccc(OC)nc4)cc23)cc1. The summed E-state index contributed by atoms with van der Waals surface area (Å²) in [5.74, 6) is 0.171. The molecule has 0 aliphatic rings. The summed E-state index contributed by atoms with van der Waals surface area (Å²) >= 11 is 0. The van der Waals surface area contributed by atoms with E-state index < -0.39 is 0 Å². The van der Waals surface area contributed by atoms with Crippen molar-refractivity contribution in [2.24, 2.45) is 0 Å². The van der Waals surface area contributed by atoms with E-state index in [0.29, 0.717) is 22.7 Å². The van der Waals surface area contributed by atoms with E-state index in [9.17, 15) is 9.59 Å². The van der Waals surface area contributed by atoms with Gasteiger partial charge in [-0.1, -0.05) is 12.1 Å². The van der Waals surface area contributed by atoms with Gasteiger partial charge in [-0.15, -0.1) is 0 Å². The number of nitrogens with one attached hydrogen (secondary N) is 1. The fraction of sp³-hybridized carbons (Fsp3) is 0.130. The molecule has 0 saturated carbocycles. The third-order valence-corrected chi connectivity index (χ3v) is 5.08. The average molecular weight is 415 g/mol. The van der Waals surface area contributed by atoms with E-state index >= 15 is 0 Å². The van der Waals surface area contributed by atoms with Crippen LogP contribution in [0.15, 0.2) is 67.1 Å². The van der Waals surface area contributed by atoms with Crippen LogP contribution in [0.1, 0.15) is 20.7 Å². The first-order chi connectivity index (χ1) is 15.0. The van der Waals surface area contributed by atoms with Gasteiger partial charge in [-0.05, 0) is 35.9 Å². The van der Waals surface area contributed by atoms with Crippen LogP contribution in [0.3, 0.4) is 0 Å². The van der Waals surface area contributed by atoms with E-state index in [4.69, 9.17) is 4.74 Å². The summed E-state index contributed by atoms with van der Waals surface area (Å²) in [5, 5.41) is 6.99. The topological polar surface area (TPSA) is 88.8 Å². The minimum atomic E-state index is -0.170. The molecule has 0 radical (unpaired) electrons. The smallest absolute Gasteiger partial charge is 0.258 e. The van der Waals surface area contributed by atoms with Gasteiger partial charge in [0.2, 0.25) is 5.88 Å². The van der Waals surface area contributed by atoms with Crippen molar-refractivity contribution in [1.29, 1.82) is 0 Å². The van der Waals surface area contributed by atoms with Crippen molar-refractivity contribution >= 4 is 23.0 Å². The number of rotatable bonds is 5. The molecule has 31 heavy (non-hydrogen) atoms. The van der Waals surface area contributed by atoms with Gasteiger partial charge in [0.1, 0.15) is 0 Å². The number of benzene rings is 1. The summed E-state index contributed by atoms with van der Waals surface area (Å²) in [7, 11) is 4.84. The number of pyridine rings is 2. The Labute approximate surface area is 179 Å². The third-order valence-electron chi connectivity index (χ3n) is 5.08. The van der Waals surface area contributed by atoms with Gasteiger partial charge in [0, 0.05) is 43.0 Å². The Bertz CT molecular complexity index is 1250. The monoisotopic (exact) mass is 415 g/mol. The maximum absolute atomic E-state index is 13.1. The molecule has 2 amide bonds. The van der Waals surface area contributed by atoms with Crippen molar-refractivity contribution in [3.05, 3.63) is 78.2 Å². The zero-order valence-electron chi connectivity index (χ0n) is 17.4. The summed E-state index contributed by atoms with van der Waals surface area (Å²) in [4.78, 5) is 30.5. The van der Waals surface area contributed by atoms with Crippen LogP contribution < -0.4 is 15.0 Å². The lowest BCUT2D eigenvalue weighted by atomic mass is 10.0. The predicted molar refractivity (Wildman–Crippen MR) is 118 cm³/mol. The second-order valence-electron chi connectivity index (χ2n) is 6.88. The first kappa shape index (κ1) is 20.1. The molecule has 0 unspecified atom stereocenters. The Morgan fingerprint density at radius 1 is 1.03 bits per heavy atom. The predicted octanol–water partition coefficient (Wildman–Crippen LogP) is 3.04. The first-order valence-corrected chi connectivity index (χ1v) is 9.60. The van der Waals surface area contributed by atoms with Crippen molar-refractivity contribution in [2.75, 3.05) is 26.1 Å². The molecular formula is C23H21N5O3. The van der Waals surface area contributed by atoms with E-state index in [1.54, 1.807) is 74.6 Å². The van der Waals surface area contributed by atoms with Crippen LogP contribution in [0, 0.1) is 0 Å². The number of hydrogen-bond donors (Lipinski definition) is 1. The molecule has 3 aromatic heterocycles. The van der Waals surface area contributed by atoms with Crippen LogP contribution >= 0.6 is 0 Å². The molecule has 0 aliphatic carbocycles. The molecule has 0 aliphatic heterocycles. The van der Waals surface area contributed by atoms with Crippen molar-refractivity contribution < 1.29 is 14.3 Å². The zero-order chi connectivity index (χ0) is 22.0. The number of hydrogen-bond acceptors (Lipinski definition) is 5. The fourth-order valence-electron chi connectivity index (χ4n) is 3.28. The highest BCUT2D eigenvalue weighted by Gasteiger charge is 2.16. The average Bonchev–Trinajstić information content (AvgIpc) is 3.26. The molecule has 0 bridgehead atoms. The van der Waals surface area contributed by atoms with Gasteiger partial charge in [-0.2, -0.15) is 5.10 Å². The highest BCUT2D eigenvalue weighted by atomic mass is 16.5. The summed E-state index contributed by atoms with van der Waals surface area (Å²) in [6.07, 6.45) is 5.09. The number of carbonyl (C=O) groups is 2. The summed E-state index contributed by atoms with van der Waals surface area (Å²) < 4.78 is 6.78. The van der Waals surface area contributed by atoms with Crippen LogP contribution in [0.25, 0.3) is 16.6 Å². The molecule has 0 fully saturated rings. The second kappa shape index (κ2) is 8.27. The molecule has 3 heterocycles. The largest absolute Gasteiger partial charge is 0.481 e. The zero-order valence-corrected chi connectivity index (χ0v) is 17.4. The van der Waals surface area contributed by atoms with Crippen LogP contribution in [0.4, 0.5) is 5.69 Å². The number of anilines is 1. The number of carbonyl (C=O) groups excluding carboxylic acids is 2. The molecule has 156 valence electrons. The van der Waals surface area contributed by atoms with E-state index in [2.05, 4.69) is 15.4 Å². The minimum Gasteiger partial charge on any atom is -0.481 e. The van der Waals surface area contributed by atoms with Gasteiger partial charge >= 0.3 is 0 Å². The second-order valence-corrected chi connectivity index (χ2v) is 6.88. The Balaban J connectivity index is 1.66. The van der Waals surface area contributed by atoms with Gasteiger partial charge in [0.15, 0.2) is 0 Å². The number of nitrogens with zero attached hydrogens (tertiary/aromatic N) is 4. The molecule has 0 spiro atoms. The lowest BCUT2D eigenvalue weighted by molar-refractivity contribution is 0.0961. The van der Waals surface area contributed by atoms with Crippen LogP contribution in [-0.4, -0.2) is 47.6 Å². The number of fused-ring (bicyclic) bond motifs is 1. The molecule has 4 rings (SSSR count). The van der Waals surface area contributed by atoms with Crippen molar-refractivity contribution in [2.45, 2.75) is 0 Å². The van der Waals surface area contributed by atoms with Gasteiger partial charge in [0.25, 0.3) is 11.8 Å². The van der Waals surface area contributed by atoms with Gasteiger partial charge in [-0.3, -0.25) is 9.59 Å². The standard InChI is InChI=1S/C23H21N5O3/c1-24-22(29)16-6-4-15(5-7-16)19-14-26-28-11-10-17(12-20(19)28)23(30)27(2)18-8-9-21(31-3)25-13-18/h4-14H,1-3H3,(H,24,29). The normalized spacial score (nSPS) is 10.7. The Kier molecular flexibility index (Phi) is 5.36. The maximum Gasteiger partial charge on any atom is 0.258 e. The molecule has 1 aromatic carbocycles. The molecule has 0 saturated heterocycles. The van der Waals surface area contributed by atoms with Crippen LogP contribution in [0.5, 0.6) is 5.88 Å². The van der Waals surface area contributed by atoms with Crippen molar-refractivity contribution in [1.82, 2.24) is 19.9 Å². The molecule has 8 heteroatoms. The van der Waals surface area contributed by atoms with E-state index in [0.717, 1.165) is 16.6 Å². The molecule has 4 aromatic rings. The van der Waals surface area contributed by atoms with E-state index in [1.807, 2.05) is 18.2 Å². The van der Waals surface area contributed by atoms with E-state index in [-0.39, 0.29) is 11.8 Å². The van der Waals surface area contributed by atoms with Crippen molar-refractivity contribution in [3.8, 4) is 17.0 Å². The highest BCUT2D eigenvalue weighted by Crippen LogP contribution is 2.26.